The van der Waals surface area contributed by atoms with Crippen LogP contribution in [0.4, 0.5) is 0 Å². The number of rotatable bonds is 6. The van der Waals surface area contributed by atoms with Crippen LogP contribution >= 0.6 is 0 Å². The number of allylic oxidation sites excluding steroid dienone is 1. The van der Waals surface area contributed by atoms with Gasteiger partial charge in [0.05, 0.1) is 0 Å². The fourth-order valence-electron chi connectivity index (χ4n) is 2.70. The van der Waals surface area contributed by atoms with Crippen LogP contribution in [0.25, 0.3) is 5.53 Å². The van der Waals surface area contributed by atoms with Crippen molar-refractivity contribution in [1.82, 2.24) is 0 Å². The highest BCUT2D eigenvalue weighted by Gasteiger charge is 2.47. The van der Waals surface area contributed by atoms with Gasteiger partial charge in [0.2, 0.25) is 0 Å². The normalized spacial score (nSPS) is 11.9. The molecule has 0 aromatic carbocycles. The van der Waals surface area contributed by atoms with Crippen molar-refractivity contribution in [1.29, 1.82) is 0 Å². The molecule has 0 aromatic rings. The molecular formula is C13H26N2OSi. The van der Waals surface area contributed by atoms with Crippen molar-refractivity contribution >= 4 is 14.0 Å². The van der Waals surface area contributed by atoms with Gasteiger partial charge < -0.3 is 9.96 Å². The molecule has 0 fully saturated rings. The van der Waals surface area contributed by atoms with Gasteiger partial charge in [-0.2, -0.15) is 4.79 Å². The summed E-state index contributed by atoms with van der Waals surface area (Å²) in [6.45, 7) is 18.9. The predicted molar refractivity (Wildman–Crippen MR) is 75.6 cm³/mol. The molecule has 0 amide bonds. The van der Waals surface area contributed by atoms with Crippen LogP contribution < -0.4 is 0 Å². The molecule has 98 valence electrons. The minimum absolute atomic E-state index is 0.462. The summed E-state index contributed by atoms with van der Waals surface area (Å²) < 4.78 is 6.23. The van der Waals surface area contributed by atoms with E-state index in [0.717, 1.165) is 0 Å². The Morgan fingerprint density at radius 2 is 1.41 bits per heavy atom. The molecule has 0 saturated heterocycles. The molecule has 0 saturated carbocycles. The van der Waals surface area contributed by atoms with E-state index in [1.54, 1.807) is 6.92 Å². The maximum atomic E-state index is 8.78. The number of hydrogen-bond donors (Lipinski definition) is 0. The van der Waals surface area contributed by atoms with Crippen molar-refractivity contribution in [2.75, 3.05) is 0 Å². The molecule has 0 aliphatic rings. The SMILES string of the molecule is C=C(O[Si](C(C)C)(C(C)C)C(C)C)C(C)=[N+]=[N-]. The standard InChI is InChI=1S/C13H26N2OSi/c1-9(2)17(10(3)4,11(5)6)16-13(8)12(7)15-14/h9-11H,8H2,1-7H3. The first-order valence-electron chi connectivity index (χ1n) is 6.27. The zero-order valence-electron chi connectivity index (χ0n) is 12.2. The van der Waals surface area contributed by atoms with E-state index in [2.05, 4.69) is 52.9 Å². The zero-order chi connectivity index (χ0) is 13.8. The number of hydrogen-bond acceptors (Lipinski definition) is 1. The molecule has 0 aromatic heterocycles. The Kier molecular flexibility index (Phi) is 5.86. The average Bonchev–Trinajstić information content (AvgIpc) is 2.22. The van der Waals surface area contributed by atoms with E-state index >= 15 is 0 Å². The minimum atomic E-state index is -1.96. The van der Waals surface area contributed by atoms with E-state index in [1.165, 1.54) is 0 Å². The van der Waals surface area contributed by atoms with Gasteiger partial charge in [0.1, 0.15) is 0 Å². The van der Waals surface area contributed by atoms with Crippen molar-refractivity contribution in [2.45, 2.75) is 65.1 Å². The maximum absolute atomic E-state index is 8.78. The fraction of sp³-hybridized carbons (Fsp3) is 0.769. The highest BCUT2D eigenvalue weighted by Crippen LogP contribution is 2.43. The van der Waals surface area contributed by atoms with E-state index in [0.29, 0.717) is 28.1 Å². The molecule has 0 heterocycles. The van der Waals surface area contributed by atoms with Crippen molar-refractivity contribution < 1.29 is 9.22 Å². The van der Waals surface area contributed by atoms with Crippen LogP contribution in [0.3, 0.4) is 0 Å². The Morgan fingerprint density at radius 1 is 1.06 bits per heavy atom. The summed E-state index contributed by atoms with van der Waals surface area (Å²) in [7, 11) is -1.96. The monoisotopic (exact) mass is 254 g/mol. The highest BCUT2D eigenvalue weighted by atomic mass is 28.4. The van der Waals surface area contributed by atoms with E-state index in [4.69, 9.17) is 9.96 Å². The smallest absolute Gasteiger partial charge is 0.328 e. The summed E-state index contributed by atoms with van der Waals surface area (Å²) >= 11 is 0. The second kappa shape index (κ2) is 6.17. The van der Waals surface area contributed by atoms with Gasteiger partial charge in [-0.3, -0.25) is 0 Å². The van der Waals surface area contributed by atoms with Crippen LogP contribution in [0, 0.1) is 0 Å². The van der Waals surface area contributed by atoms with Crippen LogP contribution in [0.5, 0.6) is 0 Å². The molecule has 4 heteroatoms. The van der Waals surface area contributed by atoms with Crippen LogP contribution in [0.1, 0.15) is 48.5 Å². The fourth-order valence-corrected chi connectivity index (χ4v) is 7.98. The van der Waals surface area contributed by atoms with E-state index < -0.39 is 8.32 Å². The van der Waals surface area contributed by atoms with E-state index in [-0.39, 0.29) is 0 Å². The summed E-state index contributed by atoms with van der Waals surface area (Å²) in [6.07, 6.45) is 0. The third kappa shape index (κ3) is 3.30. The molecule has 0 rings (SSSR count). The molecular weight excluding hydrogens is 228 g/mol. The number of nitrogens with zero attached hydrogens (tertiary/aromatic N) is 2. The lowest BCUT2D eigenvalue weighted by atomic mass is 10.4. The van der Waals surface area contributed by atoms with E-state index in [1.807, 2.05) is 0 Å². The van der Waals surface area contributed by atoms with Crippen molar-refractivity contribution in [3.63, 3.8) is 0 Å². The maximum Gasteiger partial charge on any atom is 0.328 e. The average molecular weight is 254 g/mol. The first kappa shape index (κ1) is 16.1. The van der Waals surface area contributed by atoms with Crippen LogP contribution in [0.15, 0.2) is 12.3 Å². The summed E-state index contributed by atoms with van der Waals surface area (Å²) in [5.74, 6) is 0.510. The van der Waals surface area contributed by atoms with Gasteiger partial charge in [0.25, 0.3) is 8.32 Å². The molecule has 0 radical (unpaired) electrons. The largest absolute Gasteiger partial charge is 0.538 e. The van der Waals surface area contributed by atoms with Gasteiger partial charge in [-0.15, -0.1) is 0 Å². The summed E-state index contributed by atoms with van der Waals surface area (Å²) in [6, 6.07) is 0. The van der Waals surface area contributed by atoms with Crippen molar-refractivity contribution in [3.05, 3.63) is 17.9 Å². The highest BCUT2D eigenvalue weighted by molar-refractivity contribution is 6.78. The quantitative estimate of drug-likeness (QED) is 0.228. The molecule has 0 bridgehead atoms. The topological polar surface area (TPSA) is 45.6 Å². The molecule has 0 N–H and O–H groups in total. The Hall–Kier alpha value is -0.863. The van der Waals surface area contributed by atoms with Gasteiger partial charge in [-0.25, -0.2) is 0 Å². The third-order valence-electron chi connectivity index (χ3n) is 3.56. The molecule has 0 aliphatic carbocycles. The van der Waals surface area contributed by atoms with Crippen LogP contribution in [-0.2, 0) is 4.43 Å². The summed E-state index contributed by atoms with van der Waals surface area (Å²) in [4.78, 5) is 3.16. The lowest BCUT2D eigenvalue weighted by Crippen LogP contribution is -2.48. The van der Waals surface area contributed by atoms with Gasteiger partial charge in [-0.1, -0.05) is 48.1 Å². The van der Waals surface area contributed by atoms with Crippen LogP contribution in [0.2, 0.25) is 16.6 Å². The van der Waals surface area contributed by atoms with Gasteiger partial charge in [-0.05, 0) is 16.6 Å². The van der Waals surface area contributed by atoms with Crippen molar-refractivity contribution in [3.8, 4) is 0 Å². The first-order chi connectivity index (χ1) is 7.70. The molecule has 0 unspecified atom stereocenters. The lowest BCUT2D eigenvalue weighted by molar-refractivity contribution is -0.00799. The van der Waals surface area contributed by atoms with Crippen LogP contribution in [-0.4, -0.2) is 18.8 Å². The van der Waals surface area contributed by atoms with Gasteiger partial charge in [0, 0.05) is 6.92 Å². The Bertz CT molecular complexity index is 307. The van der Waals surface area contributed by atoms with Crippen molar-refractivity contribution in [2.24, 2.45) is 0 Å². The summed E-state index contributed by atoms with van der Waals surface area (Å²) in [5.41, 5.74) is 10.7. The summed E-state index contributed by atoms with van der Waals surface area (Å²) in [5, 5.41) is 0. The minimum Gasteiger partial charge on any atom is -0.538 e. The van der Waals surface area contributed by atoms with Gasteiger partial charge in [0.15, 0.2) is 5.76 Å². The Morgan fingerprint density at radius 3 is 1.65 bits per heavy atom. The molecule has 0 spiro atoms. The molecule has 3 nitrogen and oxygen atoms in total. The van der Waals surface area contributed by atoms with Gasteiger partial charge >= 0.3 is 5.71 Å². The molecule has 17 heavy (non-hydrogen) atoms. The molecule has 0 atom stereocenters. The Balaban J connectivity index is 5.34. The lowest BCUT2D eigenvalue weighted by Gasteiger charge is -2.41. The van der Waals surface area contributed by atoms with E-state index in [9.17, 15) is 0 Å². The Labute approximate surface area is 107 Å². The third-order valence-corrected chi connectivity index (χ3v) is 9.57. The zero-order valence-corrected chi connectivity index (χ0v) is 13.2. The second-order valence-corrected chi connectivity index (χ2v) is 10.9. The molecule has 0 aliphatic heterocycles. The second-order valence-electron chi connectivity index (χ2n) is 5.53. The predicted octanol–water partition coefficient (Wildman–Crippen LogP) is 4.38. The first-order valence-corrected chi connectivity index (χ1v) is 8.41.